The Morgan fingerprint density at radius 3 is 2.77 bits per heavy atom. The van der Waals surface area contributed by atoms with E-state index in [1.54, 1.807) is 11.8 Å². The Morgan fingerprint density at radius 1 is 1.23 bits per heavy atom. The molecule has 2 heterocycles. The van der Waals surface area contributed by atoms with Gasteiger partial charge >= 0.3 is 0 Å². The molecule has 0 bridgehead atoms. The first-order valence-electron chi connectivity index (χ1n) is 7.30. The molecule has 0 unspecified atom stereocenters. The molecular weight excluding hydrogens is 276 g/mol. The molecule has 0 saturated carbocycles. The molecule has 0 saturated heterocycles. The van der Waals surface area contributed by atoms with Gasteiger partial charge in [0.05, 0.1) is 31.5 Å². The number of nitrogens with zero attached hydrogens (tertiary/aromatic N) is 4. The lowest BCUT2D eigenvalue weighted by molar-refractivity contribution is 0.411. The molecule has 0 radical (unpaired) electrons. The Hall–Kier alpha value is -2.56. The normalized spacial score (nSPS) is 10.9. The van der Waals surface area contributed by atoms with Crippen LogP contribution in [0, 0.1) is 6.92 Å². The number of rotatable bonds is 5. The quantitative estimate of drug-likeness (QED) is 0.727. The molecule has 2 aromatic heterocycles. The van der Waals surface area contributed by atoms with Gasteiger partial charge in [0.2, 0.25) is 0 Å². The predicted molar refractivity (Wildman–Crippen MR) is 85.9 cm³/mol. The monoisotopic (exact) mass is 296 g/mol. The van der Waals surface area contributed by atoms with E-state index in [9.17, 15) is 0 Å². The third-order valence-corrected chi connectivity index (χ3v) is 3.81. The third-order valence-electron chi connectivity index (χ3n) is 3.81. The Labute approximate surface area is 130 Å². The maximum atomic E-state index is 5.31. The molecule has 5 heteroatoms. The molecule has 0 aliphatic carbocycles. The summed E-state index contributed by atoms with van der Waals surface area (Å²) in [6.45, 7) is 2.95. The summed E-state index contributed by atoms with van der Waals surface area (Å²) in [5, 5.41) is 4.22. The first-order valence-corrected chi connectivity index (χ1v) is 7.30. The van der Waals surface area contributed by atoms with E-state index in [-0.39, 0.29) is 0 Å². The third kappa shape index (κ3) is 2.88. The van der Waals surface area contributed by atoms with Gasteiger partial charge < -0.3 is 9.30 Å². The van der Waals surface area contributed by atoms with Gasteiger partial charge in [0.25, 0.3) is 0 Å². The number of hydrogen-bond acceptors (Lipinski definition) is 3. The summed E-state index contributed by atoms with van der Waals surface area (Å²) in [6, 6.07) is 6.33. The molecule has 0 spiro atoms. The molecule has 0 aliphatic heterocycles. The second kappa shape index (κ2) is 6.05. The number of hydrogen-bond donors (Lipinski definition) is 0. The van der Waals surface area contributed by atoms with Gasteiger partial charge in [-0.05, 0) is 30.5 Å². The van der Waals surface area contributed by atoms with Gasteiger partial charge in [0.1, 0.15) is 5.75 Å². The van der Waals surface area contributed by atoms with Crippen LogP contribution >= 0.6 is 0 Å². The molecule has 3 rings (SSSR count). The van der Waals surface area contributed by atoms with E-state index in [1.807, 2.05) is 38.0 Å². The fraction of sp³-hybridized carbons (Fsp3) is 0.294. The fourth-order valence-electron chi connectivity index (χ4n) is 2.64. The zero-order valence-electron chi connectivity index (χ0n) is 13.2. The number of benzene rings is 1. The molecule has 22 heavy (non-hydrogen) atoms. The van der Waals surface area contributed by atoms with Crippen molar-refractivity contribution in [2.45, 2.75) is 19.9 Å². The minimum atomic E-state index is 0.885. The van der Waals surface area contributed by atoms with Crippen molar-refractivity contribution in [1.29, 1.82) is 0 Å². The lowest BCUT2D eigenvalue weighted by atomic mass is 10.1. The second-order valence-corrected chi connectivity index (χ2v) is 5.43. The summed E-state index contributed by atoms with van der Waals surface area (Å²) < 4.78 is 9.27. The predicted octanol–water partition coefficient (Wildman–Crippen LogP) is 2.84. The highest BCUT2D eigenvalue weighted by Gasteiger charge is 2.07. The highest BCUT2D eigenvalue weighted by atomic mass is 16.5. The number of aromatic nitrogens is 4. The van der Waals surface area contributed by atoms with Gasteiger partial charge in [-0.15, -0.1) is 0 Å². The van der Waals surface area contributed by atoms with E-state index < -0.39 is 0 Å². The molecule has 0 amide bonds. The first-order chi connectivity index (χ1) is 10.7. The summed E-state index contributed by atoms with van der Waals surface area (Å²) in [7, 11) is 3.62. The van der Waals surface area contributed by atoms with Crippen LogP contribution in [0.3, 0.4) is 0 Å². The maximum Gasteiger partial charge on any atom is 0.121 e. The molecule has 3 aromatic rings. The van der Waals surface area contributed by atoms with Crippen LogP contribution in [0.15, 0.2) is 43.1 Å². The van der Waals surface area contributed by atoms with Crippen LogP contribution in [0.25, 0.3) is 11.3 Å². The zero-order valence-corrected chi connectivity index (χ0v) is 13.2. The van der Waals surface area contributed by atoms with Gasteiger partial charge in [-0.25, -0.2) is 4.98 Å². The number of methoxy groups -OCH3 is 1. The standard InChI is InChI=1S/C17H20N4O/c1-13-8-14(4-5-17(13)22-3)6-7-21-12-18-10-16(21)15-9-19-20(2)11-15/h4-5,8-12H,6-7H2,1-3H3. The van der Waals surface area contributed by atoms with Crippen molar-refractivity contribution in [2.24, 2.45) is 7.05 Å². The minimum absolute atomic E-state index is 0.885. The van der Waals surface area contributed by atoms with E-state index in [2.05, 4.69) is 33.7 Å². The van der Waals surface area contributed by atoms with Gasteiger partial charge in [0.15, 0.2) is 0 Å². The van der Waals surface area contributed by atoms with E-state index in [0.29, 0.717) is 0 Å². The Kier molecular flexibility index (Phi) is 3.96. The fourth-order valence-corrected chi connectivity index (χ4v) is 2.64. The van der Waals surface area contributed by atoms with Crippen molar-refractivity contribution in [3.8, 4) is 17.0 Å². The van der Waals surface area contributed by atoms with Crippen molar-refractivity contribution in [3.63, 3.8) is 0 Å². The highest BCUT2D eigenvalue weighted by molar-refractivity contribution is 5.56. The summed E-state index contributed by atoms with van der Waals surface area (Å²) in [6.07, 6.45) is 8.58. The van der Waals surface area contributed by atoms with Gasteiger partial charge in [-0.1, -0.05) is 12.1 Å². The van der Waals surface area contributed by atoms with E-state index in [4.69, 9.17) is 4.74 Å². The number of imidazole rings is 1. The Balaban J connectivity index is 1.75. The lowest BCUT2D eigenvalue weighted by Gasteiger charge is -2.09. The van der Waals surface area contributed by atoms with Crippen molar-refractivity contribution in [2.75, 3.05) is 7.11 Å². The molecule has 1 aromatic carbocycles. The highest BCUT2D eigenvalue weighted by Crippen LogP contribution is 2.21. The van der Waals surface area contributed by atoms with Crippen molar-refractivity contribution in [3.05, 3.63) is 54.2 Å². The number of ether oxygens (including phenoxy) is 1. The Morgan fingerprint density at radius 2 is 2.09 bits per heavy atom. The summed E-state index contributed by atoms with van der Waals surface area (Å²) >= 11 is 0. The van der Waals surface area contributed by atoms with Crippen LogP contribution < -0.4 is 4.74 Å². The molecule has 0 N–H and O–H groups in total. The minimum Gasteiger partial charge on any atom is -0.496 e. The van der Waals surface area contributed by atoms with Crippen LogP contribution in [0.2, 0.25) is 0 Å². The van der Waals surface area contributed by atoms with Gasteiger partial charge in [0, 0.05) is 25.4 Å². The molecular formula is C17H20N4O. The summed E-state index contributed by atoms with van der Waals surface area (Å²) in [5.41, 5.74) is 4.64. The summed E-state index contributed by atoms with van der Waals surface area (Å²) in [4.78, 5) is 4.27. The molecule has 0 atom stereocenters. The SMILES string of the molecule is COc1ccc(CCn2cncc2-c2cnn(C)c2)cc1C. The average molecular weight is 296 g/mol. The molecule has 0 aliphatic rings. The zero-order chi connectivity index (χ0) is 15.5. The summed E-state index contributed by atoms with van der Waals surface area (Å²) in [5.74, 6) is 0.933. The lowest BCUT2D eigenvalue weighted by Crippen LogP contribution is -2.02. The molecule has 114 valence electrons. The molecule has 5 nitrogen and oxygen atoms in total. The van der Waals surface area contributed by atoms with Crippen LogP contribution in [-0.2, 0) is 20.0 Å². The van der Waals surface area contributed by atoms with Gasteiger partial charge in [-0.3, -0.25) is 4.68 Å². The van der Waals surface area contributed by atoms with E-state index >= 15 is 0 Å². The van der Waals surface area contributed by atoms with Crippen molar-refractivity contribution < 1.29 is 4.74 Å². The smallest absolute Gasteiger partial charge is 0.121 e. The van der Waals surface area contributed by atoms with Crippen molar-refractivity contribution >= 4 is 0 Å². The largest absolute Gasteiger partial charge is 0.496 e. The molecule has 0 fully saturated rings. The number of aryl methyl sites for hydroxylation is 4. The van der Waals surface area contributed by atoms with Crippen LogP contribution in [0.4, 0.5) is 0 Å². The van der Waals surface area contributed by atoms with Gasteiger partial charge in [-0.2, -0.15) is 5.10 Å². The van der Waals surface area contributed by atoms with E-state index in [1.165, 1.54) is 5.56 Å². The van der Waals surface area contributed by atoms with Crippen LogP contribution in [0.5, 0.6) is 5.75 Å². The Bertz CT molecular complexity index is 773. The average Bonchev–Trinajstić information content (AvgIpc) is 3.13. The topological polar surface area (TPSA) is 44.9 Å². The van der Waals surface area contributed by atoms with Crippen molar-refractivity contribution in [1.82, 2.24) is 19.3 Å². The van der Waals surface area contributed by atoms with Crippen LogP contribution in [0.1, 0.15) is 11.1 Å². The van der Waals surface area contributed by atoms with Crippen LogP contribution in [-0.4, -0.2) is 26.4 Å². The maximum absolute atomic E-state index is 5.31. The van der Waals surface area contributed by atoms with E-state index in [0.717, 1.165) is 35.5 Å². The first kappa shape index (κ1) is 14.4. The second-order valence-electron chi connectivity index (χ2n) is 5.43.